The molecule has 1 unspecified atom stereocenters. The zero-order valence-corrected chi connectivity index (χ0v) is 10.5. The van der Waals surface area contributed by atoms with Crippen LogP contribution in [0.5, 0.6) is 0 Å². The number of rotatable bonds is 6. The summed E-state index contributed by atoms with van der Waals surface area (Å²) in [5, 5.41) is 5.77. The highest BCUT2D eigenvalue weighted by Crippen LogP contribution is 2.04. The summed E-state index contributed by atoms with van der Waals surface area (Å²) >= 11 is 0. The maximum atomic E-state index is 12.0. The Hall–Kier alpha value is -1.14. The van der Waals surface area contributed by atoms with Crippen LogP contribution in [0.2, 0.25) is 0 Å². The molecule has 6 heteroatoms. The van der Waals surface area contributed by atoms with Gasteiger partial charge >= 0.3 is 0 Å². The quantitative estimate of drug-likeness (QED) is 0.625. The molecule has 0 aliphatic carbocycles. The Bertz CT molecular complexity index is 271. The van der Waals surface area contributed by atoms with Crippen LogP contribution in [0.15, 0.2) is 0 Å². The van der Waals surface area contributed by atoms with Crippen molar-refractivity contribution in [2.75, 3.05) is 39.9 Å². The third-order valence-electron chi connectivity index (χ3n) is 2.71. The lowest BCUT2D eigenvalue weighted by atomic mass is 10.1. The van der Waals surface area contributed by atoms with Gasteiger partial charge < -0.3 is 20.3 Å². The summed E-state index contributed by atoms with van der Waals surface area (Å²) < 4.78 is 4.95. The molecule has 1 atom stereocenters. The van der Waals surface area contributed by atoms with Gasteiger partial charge in [-0.15, -0.1) is 0 Å². The molecule has 17 heavy (non-hydrogen) atoms. The smallest absolute Gasteiger partial charge is 0.240 e. The molecule has 2 amide bonds. The second-order valence-corrected chi connectivity index (χ2v) is 3.98. The van der Waals surface area contributed by atoms with Gasteiger partial charge in [-0.25, -0.2) is 0 Å². The van der Waals surface area contributed by atoms with Crippen LogP contribution in [0.1, 0.15) is 13.3 Å². The summed E-state index contributed by atoms with van der Waals surface area (Å²) in [5.74, 6) is -0.105. The first-order chi connectivity index (χ1) is 8.19. The van der Waals surface area contributed by atoms with Crippen molar-refractivity contribution in [3.63, 3.8) is 0 Å². The number of carbonyl (C=O) groups is 2. The Kier molecular flexibility index (Phi) is 5.93. The first kappa shape index (κ1) is 13.9. The number of methoxy groups -OCH3 is 1. The van der Waals surface area contributed by atoms with Crippen LogP contribution in [0.25, 0.3) is 0 Å². The van der Waals surface area contributed by atoms with E-state index in [1.165, 1.54) is 0 Å². The highest BCUT2D eigenvalue weighted by Gasteiger charge is 2.29. The lowest BCUT2D eigenvalue weighted by Gasteiger charge is -2.32. The zero-order chi connectivity index (χ0) is 12.7. The molecule has 0 bridgehead atoms. The van der Waals surface area contributed by atoms with Crippen LogP contribution in [0, 0.1) is 0 Å². The van der Waals surface area contributed by atoms with Crippen molar-refractivity contribution in [1.29, 1.82) is 0 Å². The predicted molar refractivity (Wildman–Crippen MR) is 63.5 cm³/mol. The largest absolute Gasteiger partial charge is 0.383 e. The fraction of sp³-hybridized carbons (Fsp3) is 0.818. The number of ether oxygens (including phenoxy) is 1. The topological polar surface area (TPSA) is 70.7 Å². The number of amides is 2. The van der Waals surface area contributed by atoms with E-state index in [0.717, 1.165) is 6.54 Å². The SMILES string of the molecule is CCNC(=O)CC1NCCN(CCOC)C1=O. The van der Waals surface area contributed by atoms with E-state index in [9.17, 15) is 9.59 Å². The second kappa shape index (κ2) is 7.24. The van der Waals surface area contributed by atoms with E-state index in [1.54, 1.807) is 12.0 Å². The summed E-state index contributed by atoms with van der Waals surface area (Å²) in [7, 11) is 1.61. The summed E-state index contributed by atoms with van der Waals surface area (Å²) in [6.45, 7) is 4.96. The van der Waals surface area contributed by atoms with E-state index in [4.69, 9.17) is 4.74 Å². The fourth-order valence-corrected chi connectivity index (χ4v) is 1.83. The molecule has 1 aliphatic heterocycles. The van der Waals surface area contributed by atoms with E-state index in [1.807, 2.05) is 6.92 Å². The maximum Gasteiger partial charge on any atom is 0.240 e. The minimum Gasteiger partial charge on any atom is -0.383 e. The van der Waals surface area contributed by atoms with Crippen LogP contribution in [-0.2, 0) is 14.3 Å². The van der Waals surface area contributed by atoms with Gasteiger partial charge in [0.15, 0.2) is 0 Å². The van der Waals surface area contributed by atoms with Gasteiger partial charge in [-0.1, -0.05) is 0 Å². The number of carbonyl (C=O) groups excluding carboxylic acids is 2. The normalized spacial score (nSPS) is 20.5. The van der Waals surface area contributed by atoms with Gasteiger partial charge in [-0.05, 0) is 6.92 Å². The monoisotopic (exact) mass is 243 g/mol. The van der Waals surface area contributed by atoms with Gasteiger partial charge in [-0.3, -0.25) is 9.59 Å². The molecule has 1 aliphatic rings. The van der Waals surface area contributed by atoms with E-state index in [0.29, 0.717) is 26.2 Å². The Morgan fingerprint density at radius 3 is 3.06 bits per heavy atom. The van der Waals surface area contributed by atoms with Gasteiger partial charge in [0.25, 0.3) is 0 Å². The lowest BCUT2D eigenvalue weighted by Crippen LogP contribution is -2.56. The molecule has 0 aromatic heterocycles. The molecule has 1 heterocycles. The predicted octanol–water partition coefficient (Wildman–Crippen LogP) is -1.04. The number of piperazine rings is 1. The van der Waals surface area contributed by atoms with Gasteiger partial charge in [0.2, 0.25) is 11.8 Å². The molecular formula is C11H21N3O3. The minimum absolute atomic E-state index is 0.0143. The number of nitrogens with one attached hydrogen (secondary N) is 2. The first-order valence-electron chi connectivity index (χ1n) is 5.96. The van der Waals surface area contributed by atoms with Gasteiger partial charge in [0.1, 0.15) is 0 Å². The summed E-state index contributed by atoms with van der Waals surface area (Å²) in [5.41, 5.74) is 0. The average Bonchev–Trinajstić information content (AvgIpc) is 2.30. The van der Waals surface area contributed by atoms with Crippen LogP contribution in [0.4, 0.5) is 0 Å². The first-order valence-corrected chi connectivity index (χ1v) is 5.96. The van der Waals surface area contributed by atoms with Crippen LogP contribution < -0.4 is 10.6 Å². The van der Waals surface area contributed by atoms with Crippen molar-refractivity contribution in [2.45, 2.75) is 19.4 Å². The molecule has 2 N–H and O–H groups in total. The molecular weight excluding hydrogens is 222 g/mol. The molecule has 0 saturated carbocycles. The fourth-order valence-electron chi connectivity index (χ4n) is 1.83. The molecule has 0 radical (unpaired) electrons. The lowest BCUT2D eigenvalue weighted by molar-refractivity contribution is -0.138. The molecule has 0 aromatic carbocycles. The van der Waals surface area contributed by atoms with Crippen molar-refractivity contribution in [1.82, 2.24) is 15.5 Å². The van der Waals surface area contributed by atoms with E-state index >= 15 is 0 Å². The van der Waals surface area contributed by atoms with Crippen LogP contribution in [0.3, 0.4) is 0 Å². The van der Waals surface area contributed by atoms with Crippen molar-refractivity contribution < 1.29 is 14.3 Å². The number of hydrogen-bond donors (Lipinski definition) is 2. The van der Waals surface area contributed by atoms with Crippen molar-refractivity contribution in [2.24, 2.45) is 0 Å². The molecule has 0 aromatic rings. The molecule has 1 fully saturated rings. The van der Waals surface area contributed by atoms with Crippen LogP contribution >= 0.6 is 0 Å². The average molecular weight is 243 g/mol. The minimum atomic E-state index is -0.396. The summed E-state index contributed by atoms with van der Waals surface area (Å²) in [4.78, 5) is 25.2. The Morgan fingerprint density at radius 2 is 2.41 bits per heavy atom. The van der Waals surface area contributed by atoms with E-state index in [-0.39, 0.29) is 18.2 Å². The molecule has 98 valence electrons. The van der Waals surface area contributed by atoms with Gasteiger partial charge in [0.05, 0.1) is 19.1 Å². The highest BCUT2D eigenvalue weighted by molar-refractivity contribution is 5.88. The standard InChI is InChI=1S/C11H21N3O3/c1-3-12-10(15)8-9-11(16)14(5-4-13-9)6-7-17-2/h9,13H,3-8H2,1-2H3,(H,12,15). The van der Waals surface area contributed by atoms with Gasteiger partial charge in [-0.2, -0.15) is 0 Å². The Morgan fingerprint density at radius 1 is 1.65 bits per heavy atom. The van der Waals surface area contributed by atoms with Crippen molar-refractivity contribution >= 4 is 11.8 Å². The van der Waals surface area contributed by atoms with Crippen molar-refractivity contribution in [3.8, 4) is 0 Å². The van der Waals surface area contributed by atoms with E-state index < -0.39 is 6.04 Å². The highest BCUT2D eigenvalue weighted by atomic mass is 16.5. The summed E-state index contributed by atoms with van der Waals surface area (Å²) in [6, 6.07) is -0.396. The Balaban J connectivity index is 2.44. The Labute approximate surface area is 102 Å². The van der Waals surface area contributed by atoms with Gasteiger partial charge in [0, 0.05) is 33.3 Å². The number of nitrogens with zero attached hydrogens (tertiary/aromatic N) is 1. The number of hydrogen-bond acceptors (Lipinski definition) is 4. The maximum absolute atomic E-state index is 12.0. The van der Waals surface area contributed by atoms with Crippen molar-refractivity contribution in [3.05, 3.63) is 0 Å². The molecule has 0 spiro atoms. The van der Waals surface area contributed by atoms with E-state index in [2.05, 4.69) is 10.6 Å². The third-order valence-corrected chi connectivity index (χ3v) is 2.71. The molecule has 1 rings (SSSR count). The second-order valence-electron chi connectivity index (χ2n) is 3.98. The van der Waals surface area contributed by atoms with Crippen LogP contribution in [-0.4, -0.2) is 62.7 Å². The molecule has 6 nitrogen and oxygen atoms in total. The zero-order valence-electron chi connectivity index (χ0n) is 10.5. The summed E-state index contributed by atoms with van der Waals surface area (Å²) in [6.07, 6.45) is 0.205. The molecule has 1 saturated heterocycles. The third kappa shape index (κ3) is 4.32.